The van der Waals surface area contributed by atoms with Crippen molar-refractivity contribution in [3.8, 4) is 0 Å². The molecule has 2 rings (SSSR count). The second-order valence-corrected chi connectivity index (χ2v) is 4.84. The summed E-state index contributed by atoms with van der Waals surface area (Å²) in [4.78, 5) is 13.7. The summed E-state index contributed by atoms with van der Waals surface area (Å²) in [5, 5.41) is 0. The van der Waals surface area contributed by atoms with Crippen molar-refractivity contribution in [1.82, 2.24) is 4.90 Å². The summed E-state index contributed by atoms with van der Waals surface area (Å²) in [6.07, 6.45) is 0.846. The lowest BCUT2D eigenvalue weighted by atomic mass is 9.87. The van der Waals surface area contributed by atoms with Crippen LogP contribution in [0.1, 0.15) is 29.3 Å². The van der Waals surface area contributed by atoms with Crippen LogP contribution in [0, 0.1) is 12.7 Å². The quantitative estimate of drug-likeness (QED) is 0.849. The van der Waals surface area contributed by atoms with Crippen LogP contribution >= 0.6 is 0 Å². The van der Waals surface area contributed by atoms with E-state index in [4.69, 9.17) is 5.73 Å². The van der Waals surface area contributed by atoms with Crippen LogP contribution < -0.4 is 5.73 Å². The van der Waals surface area contributed by atoms with E-state index in [1.54, 1.807) is 24.0 Å². The van der Waals surface area contributed by atoms with E-state index < -0.39 is 0 Å². The molecule has 1 aromatic carbocycles. The minimum absolute atomic E-state index is 0.140. The second-order valence-electron chi connectivity index (χ2n) is 4.84. The molecule has 0 saturated carbocycles. The van der Waals surface area contributed by atoms with Gasteiger partial charge in [0.05, 0.1) is 5.54 Å². The minimum atomic E-state index is -0.342. The molecule has 0 radical (unpaired) electrons. The smallest absolute Gasteiger partial charge is 0.254 e. The first-order valence-electron chi connectivity index (χ1n) is 5.79. The average Bonchev–Trinajstić information content (AvgIpc) is 2.27. The van der Waals surface area contributed by atoms with E-state index >= 15 is 0 Å². The fourth-order valence-electron chi connectivity index (χ4n) is 1.99. The molecule has 1 fully saturated rings. The Morgan fingerprint density at radius 3 is 2.71 bits per heavy atom. The molecular formula is C13H17FN2O. The molecule has 0 unspecified atom stereocenters. The van der Waals surface area contributed by atoms with E-state index in [0.717, 1.165) is 6.42 Å². The monoisotopic (exact) mass is 236 g/mol. The van der Waals surface area contributed by atoms with Crippen LogP contribution in [0.2, 0.25) is 0 Å². The molecule has 0 spiro atoms. The standard InChI is InChI=1S/C13H17FN2O/c1-3-13(15)7-16(8-13)12(17)10-5-4-9(2)11(14)6-10/h4-6H,3,7-8,15H2,1-2H3. The molecule has 0 aromatic heterocycles. The van der Waals surface area contributed by atoms with Crippen molar-refractivity contribution >= 4 is 5.91 Å². The molecule has 2 N–H and O–H groups in total. The highest BCUT2D eigenvalue weighted by molar-refractivity contribution is 5.95. The van der Waals surface area contributed by atoms with Crippen molar-refractivity contribution in [3.05, 3.63) is 35.1 Å². The number of amides is 1. The fraction of sp³-hybridized carbons (Fsp3) is 0.462. The lowest BCUT2D eigenvalue weighted by Crippen LogP contribution is -2.68. The summed E-state index contributed by atoms with van der Waals surface area (Å²) in [6.45, 7) is 4.79. The van der Waals surface area contributed by atoms with Gasteiger partial charge in [-0.1, -0.05) is 13.0 Å². The van der Waals surface area contributed by atoms with Gasteiger partial charge in [0.2, 0.25) is 0 Å². The topological polar surface area (TPSA) is 46.3 Å². The van der Waals surface area contributed by atoms with Gasteiger partial charge in [-0.15, -0.1) is 0 Å². The first-order valence-corrected chi connectivity index (χ1v) is 5.79. The first kappa shape index (κ1) is 12.0. The second kappa shape index (κ2) is 4.11. The molecule has 1 heterocycles. The molecular weight excluding hydrogens is 219 g/mol. The maximum Gasteiger partial charge on any atom is 0.254 e. The lowest BCUT2D eigenvalue weighted by molar-refractivity contribution is 0.0401. The highest BCUT2D eigenvalue weighted by Gasteiger charge is 2.40. The summed E-state index contributed by atoms with van der Waals surface area (Å²) < 4.78 is 13.3. The van der Waals surface area contributed by atoms with Crippen molar-refractivity contribution in [2.24, 2.45) is 5.73 Å². The molecule has 0 aliphatic carbocycles. The summed E-state index contributed by atoms with van der Waals surface area (Å²) in [5.41, 5.74) is 6.69. The summed E-state index contributed by atoms with van der Waals surface area (Å²) in [5.74, 6) is -0.482. The van der Waals surface area contributed by atoms with Gasteiger partial charge in [-0.3, -0.25) is 4.79 Å². The van der Waals surface area contributed by atoms with Gasteiger partial charge >= 0.3 is 0 Å². The number of nitrogens with two attached hydrogens (primary N) is 1. The molecule has 0 atom stereocenters. The van der Waals surface area contributed by atoms with Crippen LogP contribution in [0.15, 0.2) is 18.2 Å². The zero-order valence-electron chi connectivity index (χ0n) is 10.2. The molecule has 0 bridgehead atoms. The molecule has 1 aliphatic rings. The van der Waals surface area contributed by atoms with Crippen LogP contribution in [0.25, 0.3) is 0 Å². The summed E-state index contributed by atoms with van der Waals surface area (Å²) in [6, 6.07) is 4.57. The maximum absolute atomic E-state index is 13.3. The molecule has 92 valence electrons. The molecule has 17 heavy (non-hydrogen) atoms. The number of carbonyl (C=O) groups excluding carboxylic acids is 1. The Labute approximate surface area is 100 Å². The minimum Gasteiger partial charge on any atom is -0.335 e. The van der Waals surface area contributed by atoms with Crippen molar-refractivity contribution < 1.29 is 9.18 Å². The number of hydrogen-bond donors (Lipinski definition) is 1. The van der Waals surface area contributed by atoms with Crippen LogP contribution in [0.4, 0.5) is 4.39 Å². The Morgan fingerprint density at radius 1 is 1.53 bits per heavy atom. The summed E-state index contributed by atoms with van der Waals surface area (Å²) in [7, 11) is 0. The zero-order chi connectivity index (χ0) is 12.6. The van der Waals surface area contributed by atoms with E-state index in [-0.39, 0.29) is 17.3 Å². The van der Waals surface area contributed by atoms with Crippen molar-refractivity contribution in [1.29, 1.82) is 0 Å². The molecule has 4 heteroatoms. The molecule has 1 aromatic rings. The number of halogens is 1. The van der Waals surface area contributed by atoms with Gasteiger partial charge in [0.25, 0.3) is 5.91 Å². The molecule has 3 nitrogen and oxygen atoms in total. The maximum atomic E-state index is 13.3. The Morgan fingerprint density at radius 2 is 2.18 bits per heavy atom. The van der Waals surface area contributed by atoms with E-state index in [1.165, 1.54) is 6.07 Å². The van der Waals surface area contributed by atoms with Gasteiger partial charge in [-0.25, -0.2) is 4.39 Å². The largest absolute Gasteiger partial charge is 0.335 e. The van der Waals surface area contributed by atoms with E-state index in [1.807, 2.05) is 6.92 Å². The van der Waals surface area contributed by atoms with Gasteiger partial charge in [-0.2, -0.15) is 0 Å². The van der Waals surface area contributed by atoms with E-state index in [2.05, 4.69) is 0 Å². The summed E-state index contributed by atoms with van der Waals surface area (Å²) >= 11 is 0. The Bertz CT molecular complexity index is 453. The van der Waals surface area contributed by atoms with Crippen LogP contribution in [-0.4, -0.2) is 29.4 Å². The van der Waals surface area contributed by atoms with Crippen molar-refractivity contribution in [2.45, 2.75) is 25.8 Å². The predicted molar refractivity (Wildman–Crippen MR) is 64.2 cm³/mol. The third-order valence-electron chi connectivity index (χ3n) is 3.42. The van der Waals surface area contributed by atoms with Crippen molar-refractivity contribution in [2.75, 3.05) is 13.1 Å². The number of benzene rings is 1. The number of hydrogen-bond acceptors (Lipinski definition) is 2. The third kappa shape index (κ3) is 2.17. The highest BCUT2D eigenvalue weighted by Crippen LogP contribution is 2.23. The Hall–Kier alpha value is -1.42. The SMILES string of the molecule is CCC1(N)CN(C(=O)c2ccc(C)c(F)c2)C1. The van der Waals surface area contributed by atoms with Gasteiger partial charge < -0.3 is 10.6 Å². The fourth-order valence-corrected chi connectivity index (χ4v) is 1.99. The van der Waals surface area contributed by atoms with E-state index in [0.29, 0.717) is 24.2 Å². The number of carbonyl (C=O) groups is 1. The van der Waals surface area contributed by atoms with Crippen LogP contribution in [-0.2, 0) is 0 Å². The molecule has 1 aliphatic heterocycles. The van der Waals surface area contributed by atoms with Gasteiger partial charge in [0, 0.05) is 18.7 Å². The molecule has 1 saturated heterocycles. The van der Waals surface area contributed by atoms with Crippen LogP contribution in [0.5, 0.6) is 0 Å². The average molecular weight is 236 g/mol. The molecule has 1 amide bonds. The zero-order valence-corrected chi connectivity index (χ0v) is 10.2. The predicted octanol–water partition coefficient (Wildman–Crippen LogP) is 1.70. The van der Waals surface area contributed by atoms with Crippen LogP contribution in [0.3, 0.4) is 0 Å². The number of aryl methyl sites for hydroxylation is 1. The van der Waals surface area contributed by atoms with Gasteiger partial charge in [0.1, 0.15) is 5.82 Å². The Balaban J connectivity index is 2.09. The number of nitrogens with zero attached hydrogens (tertiary/aromatic N) is 1. The Kier molecular flexibility index (Phi) is 2.91. The van der Waals surface area contributed by atoms with E-state index in [9.17, 15) is 9.18 Å². The normalized spacial score (nSPS) is 17.8. The van der Waals surface area contributed by atoms with Gasteiger partial charge in [0.15, 0.2) is 0 Å². The van der Waals surface area contributed by atoms with Crippen molar-refractivity contribution in [3.63, 3.8) is 0 Å². The third-order valence-corrected chi connectivity index (χ3v) is 3.42. The lowest BCUT2D eigenvalue weighted by Gasteiger charge is -2.47. The number of rotatable bonds is 2. The number of likely N-dealkylation sites (tertiary alicyclic amines) is 1. The first-order chi connectivity index (χ1) is 7.95. The highest BCUT2D eigenvalue weighted by atomic mass is 19.1. The van der Waals surface area contributed by atoms with Gasteiger partial charge in [-0.05, 0) is 31.0 Å².